The average molecular weight is 266 g/mol. The molecule has 0 heterocycles. The second-order valence-electron chi connectivity index (χ2n) is 5.19. The third-order valence-corrected chi connectivity index (χ3v) is 4.23. The first-order valence-corrected chi connectivity index (χ1v) is 6.74. The second-order valence-corrected chi connectivity index (χ2v) is 5.19. The predicted octanol–water partition coefficient (Wildman–Crippen LogP) is 4.51. The van der Waals surface area contributed by atoms with E-state index in [1.165, 1.54) is 0 Å². The lowest BCUT2D eigenvalue weighted by Crippen LogP contribution is -2.17. The number of benzene rings is 3. The number of rotatable bonds is 0. The summed E-state index contributed by atoms with van der Waals surface area (Å²) in [6, 6.07) is 22.0. The quantitative estimate of drug-likeness (QED) is 0.550. The van der Waals surface area contributed by atoms with Crippen molar-refractivity contribution in [2.45, 2.75) is 5.54 Å². The largest absolute Gasteiger partial charge is 0.367 e. The van der Waals surface area contributed by atoms with Crippen LogP contribution in [0.2, 0.25) is 0 Å². The second kappa shape index (κ2) is 3.95. The fourth-order valence-electron chi connectivity index (χ4n) is 3.29. The molecule has 0 aromatic heterocycles. The van der Waals surface area contributed by atoms with Crippen molar-refractivity contribution >= 4 is 10.8 Å². The molecule has 2 nitrogen and oxygen atoms in total. The van der Waals surface area contributed by atoms with Gasteiger partial charge in [-0.15, -0.1) is 0 Å². The minimum absolute atomic E-state index is 0.800. The fourth-order valence-corrected chi connectivity index (χ4v) is 3.29. The minimum Gasteiger partial charge on any atom is -0.283 e. The lowest BCUT2D eigenvalue weighted by molar-refractivity contribution is 0.856. The molecule has 0 saturated carbocycles. The Morgan fingerprint density at radius 2 is 1.67 bits per heavy atom. The zero-order chi connectivity index (χ0) is 14.4. The van der Waals surface area contributed by atoms with Crippen LogP contribution < -0.4 is 0 Å². The molecule has 1 aliphatic carbocycles. The van der Waals surface area contributed by atoms with Crippen molar-refractivity contribution in [2.24, 2.45) is 0 Å². The van der Waals surface area contributed by atoms with Crippen molar-refractivity contribution in [2.75, 3.05) is 0 Å². The normalized spacial score (nSPS) is 18.6. The Hall–Kier alpha value is -3.10. The molecule has 96 valence electrons. The number of hydrogen-bond acceptors (Lipinski definition) is 1. The number of fused-ring (bicyclic) bond motifs is 5. The van der Waals surface area contributed by atoms with E-state index in [2.05, 4.69) is 23.0 Å². The van der Waals surface area contributed by atoms with Gasteiger partial charge in [0.2, 0.25) is 0 Å². The highest BCUT2D eigenvalue weighted by Gasteiger charge is 2.50. The van der Waals surface area contributed by atoms with Gasteiger partial charge in [0.25, 0.3) is 0 Å². The molecule has 4 rings (SSSR count). The third kappa shape index (κ3) is 1.29. The summed E-state index contributed by atoms with van der Waals surface area (Å²) in [6.45, 7) is 7.62. The van der Waals surface area contributed by atoms with Crippen molar-refractivity contribution in [1.82, 2.24) is 0 Å². The van der Waals surface area contributed by atoms with Crippen LogP contribution in [0, 0.1) is 17.9 Å². The highest BCUT2D eigenvalue weighted by molar-refractivity contribution is 6.03. The molecule has 3 aromatic rings. The Morgan fingerprint density at radius 1 is 0.905 bits per heavy atom. The van der Waals surface area contributed by atoms with E-state index in [0.29, 0.717) is 0 Å². The molecule has 0 saturated heterocycles. The van der Waals surface area contributed by atoms with Crippen molar-refractivity contribution in [3.05, 3.63) is 83.2 Å². The van der Waals surface area contributed by atoms with Crippen LogP contribution in [0.25, 0.3) is 26.7 Å². The zero-order valence-electron chi connectivity index (χ0n) is 11.2. The molecule has 0 spiro atoms. The molecular weight excluding hydrogens is 256 g/mol. The van der Waals surface area contributed by atoms with Crippen molar-refractivity contribution in [3.63, 3.8) is 0 Å². The van der Waals surface area contributed by atoms with Crippen LogP contribution in [-0.4, -0.2) is 0 Å². The Morgan fingerprint density at radius 3 is 2.48 bits per heavy atom. The van der Waals surface area contributed by atoms with Gasteiger partial charge in [0.15, 0.2) is 6.07 Å². The first kappa shape index (κ1) is 11.7. The summed E-state index contributed by atoms with van der Waals surface area (Å²) < 4.78 is 0. The first-order valence-electron chi connectivity index (χ1n) is 6.74. The van der Waals surface area contributed by atoms with Crippen LogP contribution in [0.4, 0.5) is 0 Å². The molecule has 0 bridgehead atoms. The van der Waals surface area contributed by atoms with Gasteiger partial charge in [0.1, 0.15) is 0 Å². The summed E-state index contributed by atoms with van der Waals surface area (Å²) in [7, 11) is 0. The summed E-state index contributed by atoms with van der Waals surface area (Å²) in [5.74, 6) is 0. The fraction of sp³-hybridized carbons (Fsp3) is 0.0526. The van der Waals surface area contributed by atoms with Crippen LogP contribution in [0.3, 0.4) is 0 Å². The van der Waals surface area contributed by atoms with E-state index in [0.717, 1.165) is 33.0 Å². The van der Waals surface area contributed by atoms with Gasteiger partial charge in [-0.25, -0.2) is 6.57 Å². The SMILES string of the molecule is [C-]#[N+]C1(C#N)c2ccccc2-c2c1ccc1ccccc21. The monoisotopic (exact) mass is 266 g/mol. The molecule has 0 radical (unpaired) electrons. The molecule has 1 unspecified atom stereocenters. The van der Waals surface area contributed by atoms with Crippen LogP contribution in [0.15, 0.2) is 60.7 Å². The van der Waals surface area contributed by atoms with E-state index >= 15 is 0 Å². The predicted molar refractivity (Wildman–Crippen MR) is 82.4 cm³/mol. The van der Waals surface area contributed by atoms with Gasteiger partial charge in [-0.05, 0) is 28.5 Å². The first-order chi connectivity index (χ1) is 10.3. The van der Waals surface area contributed by atoms with Gasteiger partial charge in [-0.1, -0.05) is 48.5 Å². The molecular formula is C19H10N2. The van der Waals surface area contributed by atoms with Gasteiger partial charge in [-0.2, -0.15) is 5.26 Å². The zero-order valence-corrected chi connectivity index (χ0v) is 11.2. The smallest absolute Gasteiger partial charge is 0.283 e. The molecule has 0 N–H and O–H groups in total. The Labute approximate surface area is 122 Å². The van der Waals surface area contributed by atoms with E-state index in [9.17, 15) is 5.26 Å². The number of nitrogens with zero attached hydrogens (tertiary/aromatic N) is 2. The van der Waals surface area contributed by atoms with Crippen LogP contribution in [-0.2, 0) is 5.54 Å². The molecule has 21 heavy (non-hydrogen) atoms. The molecule has 0 fully saturated rings. The van der Waals surface area contributed by atoms with Crippen LogP contribution >= 0.6 is 0 Å². The number of hydrogen-bond donors (Lipinski definition) is 0. The molecule has 2 heteroatoms. The number of nitriles is 1. The Kier molecular flexibility index (Phi) is 2.20. The lowest BCUT2D eigenvalue weighted by Gasteiger charge is -2.10. The van der Waals surface area contributed by atoms with E-state index in [1.54, 1.807) is 0 Å². The molecule has 0 amide bonds. The van der Waals surface area contributed by atoms with Gasteiger partial charge < -0.3 is 0 Å². The highest BCUT2D eigenvalue weighted by atomic mass is 14.8. The van der Waals surface area contributed by atoms with Crippen molar-refractivity contribution < 1.29 is 0 Å². The standard InChI is InChI=1S/C19H10N2/c1-21-19(12-20)16-9-5-4-8-15(16)18-14-7-3-2-6-13(14)10-11-17(18)19/h2-11H. The summed E-state index contributed by atoms with van der Waals surface area (Å²) >= 11 is 0. The van der Waals surface area contributed by atoms with Gasteiger partial charge in [0, 0.05) is 5.56 Å². The molecule has 0 aliphatic heterocycles. The van der Waals surface area contributed by atoms with Crippen molar-refractivity contribution in [1.29, 1.82) is 5.26 Å². The van der Waals surface area contributed by atoms with Gasteiger partial charge in [-0.3, -0.25) is 4.85 Å². The van der Waals surface area contributed by atoms with Crippen LogP contribution in [0.5, 0.6) is 0 Å². The highest BCUT2D eigenvalue weighted by Crippen LogP contribution is 2.51. The summed E-state index contributed by atoms with van der Waals surface area (Å²) in [6.07, 6.45) is 0. The van der Waals surface area contributed by atoms with Crippen LogP contribution in [0.1, 0.15) is 11.1 Å². The van der Waals surface area contributed by atoms with E-state index in [1.807, 2.05) is 48.5 Å². The summed E-state index contributed by atoms with van der Waals surface area (Å²) in [5, 5.41) is 11.9. The topological polar surface area (TPSA) is 28.1 Å². The average Bonchev–Trinajstić information content (AvgIpc) is 2.85. The van der Waals surface area contributed by atoms with E-state index in [4.69, 9.17) is 6.57 Å². The molecule has 3 aromatic carbocycles. The van der Waals surface area contributed by atoms with Crippen molar-refractivity contribution in [3.8, 4) is 17.2 Å². The Bertz CT molecular complexity index is 957. The third-order valence-electron chi connectivity index (χ3n) is 4.23. The maximum Gasteiger partial charge on any atom is 0.367 e. The Balaban J connectivity index is 2.26. The maximum absolute atomic E-state index is 9.72. The van der Waals surface area contributed by atoms with E-state index in [-0.39, 0.29) is 0 Å². The van der Waals surface area contributed by atoms with E-state index < -0.39 is 5.54 Å². The summed E-state index contributed by atoms with van der Waals surface area (Å²) in [5.41, 5.74) is 2.42. The minimum atomic E-state index is -1.21. The van der Waals surface area contributed by atoms with Gasteiger partial charge in [0.05, 0.1) is 11.1 Å². The molecule has 1 atom stereocenters. The summed E-state index contributed by atoms with van der Waals surface area (Å²) in [4.78, 5) is 3.72. The maximum atomic E-state index is 9.72. The molecule has 1 aliphatic rings. The lowest BCUT2D eigenvalue weighted by atomic mass is 9.89. The van der Waals surface area contributed by atoms with Gasteiger partial charge >= 0.3 is 5.54 Å².